The van der Waals surface area contributed by atoms with E-state index in [2.05, 4.69) is 29.5 Å². The van der Waals surface area contributed by atoms with Crippen molar-refractivity contribution in [3.8, 4) is 0 Å². The zero-order valence-electron chi connectivity index (χ0n) is 10.4. The van der Waals surface area contributed by atoms with Gasteiger partial charge in [0.05, 0.1) is 11.9 Å². The van der Waals surface area contributed by atoms with Crippen LogP contribution >= 0.6 is 0 Å². The van der Waals surface area contributed by atoms with Crippen molar-refractivity contribution in [2.45, 2.75) is 20.3 Å². The lowest BCUT2D eigenvalue weighted by molar-refractivity contribution is -0.116. The monoisotopic (exact) mass is 236 g/mol. The van der Waals surface area contributed by atoms with Gasteiger partial charge in [-0.1, -0.05) is 13.8 Å². The SMILES string of the molecule is CC(C)CNc1ccc(NC(=O)CCN)cn1. The summed E-state index contributed by atoms with van der Waals surface area (Å²) in [5, 5.41) is 5.93. The highest BCUT2D eigenvalue weighted by Gasteiger charge is 2.01. The second kappa shape index (κ2) is 6.85. The maximum atomic E-state index is 11.3. The first-order valence-electron chi connectivity index (χ1n) is 5.81. The van der Waals surface area contributed by atoms with Crippen LogP contribution in [0.2, 0.25) is 0 Å². The zero-order chi connectivity index (χ0) is 12.7. The lowest BCUT2D eigenvalue weighted by atomic mass is 10.2. The van der Waals surface area contributed by atoms with Crippen LogP contribution in [0.3, 0.4) is 0 Å². The molecule has 0 unspecified atom stereocenters. The number of anilines is 2. The Morgan fingerprint density at radius 1 is 1.47 bits per heavy atom. The minimum Gasteiger partial charge on any atom is -0.370 e. The smallest absolute Gasteiger partial charge is 0.225 e. The van der Waals surface area contributed by atoms with Crippen molar-refractivity contribution < 1.29 is 4.79 Å². The number of rotatable bonds is 6. The van der Waals surface area contributed by atoms with E-state index < -0.39 is 0 Å². The molecule has 0 saturated heterocycles. The van der Waals surface area contributed by atoms with Crippen molar-refractivity contribution in [2.24, 2.45) is 11.7 Å². The first kappa shape index (κ1) is 13.4. The first-order valence-corrected chi connectivity index (χ1v) is 5.81. The molecule has 0 saturated carbocycles. The van der Waals surface area contributed by atoms with Gasteiger partial charge in [-0.2, -0.15) is 0 Å². The third-order valence-corrected chi connectivity index (χ3v) is 2.11. The molecule has 4 N–H and O–H groups in total. The van der Waals surface area contributed by atoms with E-state index in [1.165, 1.54) is 0 Å². The normalized spacial score (nSPS) is 10.4. The third-order valence-electron chi connectivity index (χ3n) is 2.11. The van der Waals surface area contributed by atoms with E-state index in [0.29, 0.717) is 24.6 Å². The van der Waals surface area contributed by atoms with Crippen molar-refractivity contribution in [3.63, 3.8) is 0 Å². The fourth-order valence-corrected chi connectivity index (χ4v) is 1.24. The second-order valence-electron chi connectivity index (χ2n) is 4.29. The molecule has 17 heavy (non-hydrogen) atoms. The predicted molar refractivity (Wildman–Crippen MR) is 69.9 cm³/mol. The Morgan fingerprint density at radius 3 is 2.76 bits per heavy atom. The number of aromatic nitrogens is 1. The molecule has 0 aliphatic heterocycles. The molecular weight excluding hydrogens is 216 g/mol. The largest absolute Gasteiger partial charge is 0.370 e. The van der Waals surface area contributed by atoms with Crippen LogP contribution in [-0.2, 0) is 4.79 Å². The molecule has 1 aromatic heterocycles. The van der Waals surface area contributed by atoms with Gasteiger partial charge in [0.1, 0.15) is 5.82 Å². The van der Waals surface area contributed by atoms with E-state index in [0.717, 1.165) is 12.4 Å². The minimum atomic E-state index is -0.0859. The number of pyridine rings is 1. The van der Waals surface area contributed by atoms with Crippen LogP contribution in [0, 0.1) is 5.92 Å². The Labute approximate surface area is 102 Å². The van der Waals surface area contributed by atoms with Gasteiger partial charge in [-0.25, -0.2) is 4.98 Å². The van der Waals surface area contributed by atoms with Crippen LogP contribution in [0.15, 0.2) is 18.3 Å². The molecule has 0 fully saturated rings. The van der Waals surface area contributed by atoms with Crippen LogP contribution in [-0.4, -0.2) is 24.0 Å². The average molecular weight is 236 g/mol. The van der Waals surface area contributed by atoms with Crippen molar-refractivity contribution in [2.75, 3.05) is 23.7 Å². The summed E-state index contributed by atoms with van der Waals surface area (Å²) in [6.45, 7) is 5.50. The van der Waals surface area contributed by atoms with Gasteiger partial charge in [0.2, 0.25) is 5.91 Å². The van der Waals surface area contributed by atoms with E-state index in [4.69, 9.17) is 5.73 Å². The average Bonchev–Trinajstić information content (AvgIpc) is 2.28. The van der Waals surface area contributed by atoms with Gasteiger partial charge in [-0.3, -0.25) is 4.79 Å². The Hall–Kier alpha value is -1.62. The van der Waals surface area contributed by atoms with Gasteiger partial charge in [-0.15, -0.1) is 0 Å². The zero-order valence-corrected chi connectivity index (χ0v) is 10.4. The molecule has 5 nitrogen and oxygen atoms in total. The van der Waals surface area contributed by atoms with E-state index in [9.17, 15) is 4.79 Å². The molecule has 0 radical (unpaired) electrons. The molecule has 1 aromatic rings. The second-order valence-corrected chi connectivity index (χ2v) is 4.29. The third kappa shape index (κ3) is 5.31. The quantitative estimate of drug-likeness (QED) is 0.698. The lowest BCUT2D eigenvalue weighted by Gasteiger charge is -2.09. The van der Waals surface area contributed by atoms with Crippen LogP contribution < -0.4 is 16.4 Å². The molecule has 1 heterocycles. The Kier molecular flexibility index (Phi) is 5.42. The van der Waals surface area contributed by atoms with Gasteiger partial charge in [0, 0.05) is 19.5 Å². The maximum Gasteiger partial charge on any atom is 0.225 e. The molecule has 0 spiro atoms. The van der Waals surface area contributed by atoms with Crippen molar-refractivity contribution in [1.82, 2.24) is 4.98 Å². The number of hydrogen-bond acceptors (Lipinski definition) is 4. The van der Waals surface area contributed by atoms with Gasteiger partial charge in [0.15, 0.2) is 0 Å². The Bertz CT molecular complexity index is 348. The summed E-state index contributed by atoms with van der Waals surface area (Å²) >= 11 is 0. The molecule has 0 atom stereocenters. The molecule has 1 rings (SSSR count). The number of carbonyl (C=O) groups excluding carboxylic acids is 1. The lowest BCUT2D eigenvalue weighted by Crippen LogP contribution is -2.16. The van der Waals surface area contributed by atoms with Crippen LogP contribution in [0.5, 0.6) is 0 Å². The molecule has 1 amide bonds. The van der Waals surface area contributed by atoms with Gasteiger partial charge in [0.25, 0.3) is 0 Å². The Balaban J connectivity index is 2.47. The highest BCUT2D eigenvalue weighted by atomic mass is 16.1. The summed E-state index contributed by atoms with van der Waals surface area (Å²) in [7, 11) is 0. The van der Waals surface area contributed by atoms with E-state index in [1.807, 2.05) is 12.1 Å². The number of nitrogens with one attached hydrogen (secondary N) is 2. The standard InChI is InChI=1S/C12H20N4O/c1-9(2)7-14-11-4-3-10(8-15-11)16-12(17)5-6-13/h3-4,8-9H,5-7,13H2,1-2H3,(H,14,15)(H,16,17). The highest BCUT2D eigenvalue weighted by molar-refractivity contribution is 5.90. The van der Waals surface area contributed by atoms with Crippen LogP contribution in [0.25, 0.3) is 0 Å². The van der Waals surface area contributed by atoms with Crippen molar-refractivity contribution >= 4 is 17.4 Å². The van der Waals surface area contributed by atoms with Gasteiger partial charge >= 0.3 is 0 Å². The molecule has 0 bridgehead atoms. The number of amides is 1. The fraction of sp³-hybridized carbons (Fsp3) is 0.500. The summed E-state index contributed by atoms with van der Waals surface area (Å²) in [5.41, 5.74) is 5.98. The molecular formula is C12H20N4O. The Morgan fingerprint density at radius 2 is 2.24 bits per heavy atom. The number of hydrogen-bond donors (Lipinski definition) is 3. The number of carbonyl (C=O) groups is 1. The summed E-state index contributed by atoms with van der Waals surface area (Å²) < 4.78 is 0. The van der Waals surface area contributed by atoms with Crippen molar-refractivity contribution in [1.29, 1.82) is 0 Å². The molecule has 0 aliphatic rings. The fourth-order valence-electron chi connectivity index (χ4n) is 1.24. The topological polar surface area (TPSA) is 80.0 Å². The highest BCUT2D eigenvalue weighted by Crippen LogP contribution is 2.10. The number of nitrogens with two attached hydrogens (primary N) is 1. The van der Waals surface area contributed by atoms with E-state index in [1.54, 1.807) is 6.20 Å². The molecule has 5 heteroatoms. The van der Waals surface area contributed by atoms with E-state index >= 15 is 0 Å². The van der Waals surface area contributed by atoms with Crippen molar-refractivity contribution in [3.05, 3.63) is 18.3 Å². The molecule has 94 valence electrons. The van der Waals surface area contributed by atoms with Crippen LogP contribution in [0.1, 0.15) is 20.3 Å². The summed E-state index contributed by atoms with van der Waals surface area (Å²) in [6, 6.07) is 3.67. The summed E-state index contributed by atoms with van der Waals surface area (Å²) in [6.07, 6.45) is 1.96. The number of nitrogens with zero attached hydrogens (tertiary/aromatic N) is 1. The predicted octanol–water partition coefficient (Wildman–Crippen LogP) is 1.44. The molecule has 0 aliphatic carbocycles. The first-order chi connectivity index (χ1) is 8.11. The van der Waals surface area contributed by atoms with Gasteiger partial charge < -0.3 is 16.4 Å². The molecule has 0 aromatic carbocycles. The summed E-state index contributed by atoms with van der Waals surface area (Å²) in [5.74, 6) is 1.30. The van der Waals surface area contributed by atoms with E-state index in [-0.39, 0.29) is 5.91 Å². The maximum absolute atomic E-state index is 11.3. The minimum absolute atomic E-state index is 0.0859. The van der Waals surface area contributed by atoms with Crippen LogP contribution in [0.4, 0.5) is 11.5 Å². The summed E-state index contributed by atoms with van der Waals surface area (Å²) in [4.78, 5) is 15.5. The van der Waals surface area contributed by atoms with Gasteiger partial charge in [-0.05, 0) is 18.1 Å².